The molecule has 1 amide bonds. The summed E-state index contributed by atoms with van der Waals surface area (Å²) < 4.78 is 10.5. The van der Waals surface area contributed by atoms with Crippen LogP contribution < -0.4 is 15.8 Å². The van der Waals surface area contributed by atoms with Crippen LogP contribution in [0.3, 0.4) is 0 Å². The second-order valence-corrected chi connectivity index (χ2v) is 7.34. The molecule has 1 aromatic rings. The van der Waals surface area contributed by atoms with Crippen molar-refractivity contribution in [2.75, 3.05) is 46.4 Å². The SMILES string of the molecule is CCOC(=O)N1CCC(NC(N)=NCC(c2cccc(OC)c2)N(CC)CC)CC1.I. The Morgan fingerprint density at radius 1 is 1.29 bits per heavy atom. The van der Waals surface area contributed by atoms with E-state index in [1.54, 1.807) is 12.0 Å². The summed E-state index contributed by atoms with van der Waals surface area (Å²) in [6.07, 6.45) is 1.41. The molecule has 2 rings (SSSR count). The maximum atomic E-state index is 11.8. The maximum Gasteiger partial charge on any atom is 0.409 e. The lowest BCUT2D eigenvalue weighted by atomic mass is 10.0. The van der Waals surface area contributed by atoms with Gasteiger partial charge in [0.25, 0.3) is 0 Å². The summed E-state index contributed by atoms with van der Waals surface area (Å²) in [7, 11) is 1.68. The number of rotatable bonds is 9. The molecule has 0 spiro atoms. The molecule has 1 aromatic carbocycles. The number of amides is 1. The van der Waals surface area contributed by atoms with Crippen molar-refractivity contribution in [2.24, 2.45) is 10.7 Å². The Morgan fingerprint density at radius 3 is 2.55 bits per heavy atom. The molecule has 1 saturated heterocycles. The van der Waals surface area contributed by atoms with Crippen molar-refractivity contribution < 1.29 is 14.3 Å². The number of hydrogen-bond acceptors (Lipinski definition) is 5. The van der Waals surface area contributed by atoms with Crippen molar-refractivity contribution in [2.45, 2.75) is 45.7 Å². The minimum atomic E-state index is -0.238. The van der Waals surface area contributed by atoms with Gasteiger partial charge in [-0.1, -0.05) is 26.0 Å². The van der Waals surface area contributed by atoms with Crippen LogP contribution in [0.1, 0.15) is 45.2 Å². The number of likely N-dealkylation sites (tertiary alicyclic amines) is 1. The number of likely N-dealkylation sites (N-methyl/N-ethyl adjacent to an activating group) is 1. The number of nitrogens with one attached hydrogen (secondary N) is 1. The van der Waals surface area contributed by atoms with Crippen LogP contribution in [-0.4, -0.2) is 74.3 Å². The van der Waals surface area contributed by atoms with Gasteiger partial charge in [0.05, 0.1) is 26.3 Å². The van der Waals surface area contributed by atoms with E-state index in [-0.39, 0.29) is 42.2 Å². The largest absolute Gasteiger partial charge is 0.497 e. The molecule has 3 N–H and O–H groups in total. The van der Waals surface area contributed by atoms with E-state index in [1.807, 2.05) is 19.1 Å². The molecule has 0 bridgehead atoms. The smallest absolute Gasteiger partial charge is 0.409 e. The van der Waals surface area contributed by atoms with Gasteiger partial charge in [0.2, 0.25) is 0 Å². The highest BCUT2D eigenvalue weighted by Crippen LogP contribution is 2.24. The summed E-state index contributed by atoms with van der Waals surface area (Å²) >= 11 is 0. The second-order valence-electron chi connectivity index (χ2n) is 7.34. The van der Waals surface area contributed by atoms with Crippen LogP contribution in [-0.2, 0) is 4.74 Å². The van der Waals surface area contributed by atoms with Crippen molar-refractivity contribution in [3.63, 3.8) is 0 Å². The standard InChI is InChI=1S/C22H37N5O3.HI/c1-5-26(6-2)20(17-9-8-10-19(15-17)29-4)16-24-21(23)25-18-11-13-27(14-12-18)22(28)30-7-3;/h8-10,15,18,20H,5-7,11-14,16H2,1-4H3,(H3,23,24,25);1H. The van der Waals surface area contributed by atoms with E-state index in [9.17, 15) is 4.79 Å². The number of guanidine groups is 1. The van der Waals surface area contributed by atoms with Gasteiger partial charge in [-0.25, -0.2) is 4.79 Å². The molecule has 1 unspecified atom stereocenters. The molecular formula is C22H38IN5O3. The van der Waals surface area contributed by atoms with E-state index < -0.39 is 0 Å². The molecule has 1 heterocycles. The Morgan fingerprint density at radius 2 is 1.97 bits per heavy atom. The number of carbonyl (C=O) groups is 1. The van der Waals surface area contributed by atoms with Crippen molar-refractivity contribution in [3.8, 4) is 5.75 Å². The average Bonchev–Trinajstić information content (AvgIpc) is 2.77. The van der Waals surface area contributed by atoms with Crippen LogP contribution in [0.2, 0.25) is 0 Å². The van der Waals surface area contributed by atoms with Crippen molar-refractivity contribution >= 4 is 36.0 Å². The fourth-order valence-corrected chi connectivity index (χ4v) is 3.81. The Hall–Kier alpha value is -1.75. The van der Waals surface area contributed by atoms with Crippen molar-refractivity contribution in [1.29, 1.82) is 0 Å². The van der Waals surface area contributed by atoms with E-state index in [0.29, 0.717) is 32.2 Å². The predicted octanol–water partition coefficient (Wildman–Crippen LogP) is 3.22. The molecule has 1 aliphatic rings. The highest BCUT2D eigenvalue weighted by atomic mass is 127. The van der Waals surface area contributed by atoms with Crippen LogP contribution in [0.5, 0.6) is 5.75 Å². The molecule has 0 aliphatic carbocycles. The van der Waals surface area contributed by atoms with Crippen molar-refractivity contribution in [1.82, 2.24) is 15.1 Å². The first-order valence-electron chi connectivity index (χ1n) is 10.9. The first-order chi connectivity index (χ1) is 14.5. The average molecular weight is 547 g/mol. The number of nitrogens with zero attached hydrogens (tertiary/aromatic N) is 3. The third-order valence-electron chi connectivity index (χ3n) is 5.54. The third kappa shape index (κ3) is 8.36. The normalized spacial score (nSPS) is 15.9. The molecule has 0 aromatic heterocycles. The number of methoxy groups -OCH3 is 1. The first kappa shape index (κ1) is 27.3. The maximum absolute atomic E-state index is 11.8. The fourth-order valence-electron chi connectivity index (χ4n) is 3.81. The molecule has 31 heavy (non-hydrogen) atoms. The number of hydrogen-bond donors (Lipinski definition) is 2. The zero-order valence-corrected chi connectivity index (χ0v) is 21.5. The molecule has 1 atom stereocenters. The molecule has 176 valence electrons. The summed E-state index contributed by atoms with van der Waals surface area (Å²) in [5, 5.41) is 3.32. The second kappa shape index (κ2) is 14.3. The summed E-state index contributed by atoms with van der Waals surface area (Å²) in [5.74, 6) is 1.29. The molecule has 9 heteroatoms. The number of ether oxygens (including phenoxy) is 2. The lowest BCUT2D eigenvalue weighted by Gasteiger charge is -2.32. The molecule has 8 nitrogen and oxygen atoms in total. The van der Waals surface area contributed by atoms with Crippen molar-refractivity contribution in [3.05, 3.63) is 29.8 Å². The fraction of sp³-hybridized carbons (Fsp3) is 0.636. The minimum absolute atomic E-state index is 0. The predicted molar refractivity (Wildman–Crippen MR) is 135 cm³/mol. The highest BCUT2D eigenvalue weighted by Gasteiger charge is 2.24. The van der Waals surface area contributed by atoms with Crippen LogP contribution in [0.25, 0.3) is 0 Å². The van der Waals surface area contributed by atoms with Crippen LogP contribution in [0.15, 0.2) is 29.3 Å². The highest BCUT2D eigenvalue weighted by molar-refractivity contribution is 14.0. The molecule has 0 saturated carbocycles. The Bertz CT molecular complexity index is 691. The Balaban J connectivity index is 0.00000480. The topological polar surface area (TPSA) is 92.4 Å². The van der Waals surface area contributed by atoms with Gasteiger partial charge in [-0.3, -0.25) is 9.89 Å². The number of halogens is 1. The third-order valence-corrected chi connectivity index (χ3v) is 5.54. The summed E-state index contributed by atoms with van der Waals surface area (Å²) in [5.41, 5.74) is 7.37. The lowest BCUT2D eigenvalue weighted by molar-refractivity contribution is 0.0963. The van der Waals surface area contributed by atoms with Gasteiger partial charge >= 0.3 is 6.09 Å². The molecule has 1 aliphatic heterocycles. The van der Waals surface area contributed by atoms with Crippen LogP contribution in [0.4, 0.5) is 4.79 Å². The number of nitrogens with two attached hydrogens (primary N) is 1. The van der Waals surface area contributed by atoms with E-state index in [1.165, 1.54) is 0 Å². The van der Waals surface area contributed by atoms with E-state index in [0.717, 1.165) is 37.2 Å². The zero-order chi connectivity index (χ0) is 21.9. The molecule has 0 radical (unpaired) electrons. The van der Waals surface area contributed by atoms with E-state index in [4.69, 9.17) is 15.2 Å². The van der Waals surface area contributed by atoms with Gasteiger partial charge in [0.15, 0.2) is 5.96 Å². The summed E-state index contributed by atoms with van der Waals surface area (Å²) in [4.78, 5) is 20.6. The van der Waals surface area contributed by atoms with Gasteiger partial charge in [0, 0.05) is 19.1 Å². The van der Waals surface area contributed by atoms with Crippen LogP contribution in [0, 0.1) is 0 Å². The Labute approximate surface area is 203 Å². The zero-order valence-electron chi connectivity index (χ0n) is 19.2. The lowest BCUT2D eigenvalue weighted by Crippen LogP contribution is -2.48. The monoisotopic (exact) mass is 547 g/mol. The number of carbonyl (C=O) groups excluding carboxylic acids is 1. The quantitative estimate of drug-likeness (QED) is 0.280. The summed E-state index contributed by atoms with van der Waals surface area (Å²) in [6.45, 7) is 10.3. The molecule has 1 fully saturated rings. The Kier molecular flexibility index (Phi) is 12.6. The number of piperidine rings is 1. The first-order valence-corrected chi connectivity index (χ1v) is 10.9. The van der Waals surface area contributed by atoms with E-state index in [2.05, 4.69) is 41.2 Å². The van der Waals surface area contributed by atoms with Gasteiger partial charge in [-0.15, -0.1) is 24.0 Å². The van der Waals surface area contributed by atoms with Gasteiger partial charge in [-0.2, -0.15) is 0 Å². The number of benzene rings is 1. The van der Waals surface area contributed by atoms with Crippen LogP contribution >= 0.6 is 24.0 Å². The van der Waals surface area contributed by atoms with Gasteiger partial charge in [0.1, 0.15) is 5.75 Å². The molecular weight excluding hydrogens is 509 g/mol. The van der Waals surface area contributed by atoms with Gasteiger partial charge in [-0.05, 0) is 50.6 Å². The van der Waals surface area contributed by atoms with E-state index >= 15 is 0 Å². The van der Waals surface area contributed by atoms with Gasteiger partial charge < -0.3 is 25.4 Å². The number of aliphatic imine (C=N–C) groups is 1. The minimum Gasteiger partial charge on any atom is -0.497 e. The summed E-state index contributed by atoms with van der Waals surface area (Å²) in [6, 6.07) is 8.46.